The lowest BCUT2D eigenvalue weighted by Gasteiger charge is -2.13. The van der Waals surface area contributed by atoms with E-state index in [4.69, 9.17) is 23.2 Å². The Kier molecular flexibility index (Phi) is 5.72. The Morgan fingerprint density at radius 1 is 1.25 bits per heavy atom. The van der Waals surface area contributed by atoms with Crippen molar-refractivity contribution in [2.45, 2.75) is 11.4 Å². The normalized spacial score (nSPS) is 16.2. The first-order chi connectivity index (χ1) is 13.1. The molecule has 2 amide bonds. The smallest absolute Gasteiger partial charge is 0.293 e. The number of halogens is 2. The van der Waals surface area contributed by atoms with Gasteiger partial charge in [-0.2, -0.15) is 0 Å². The highest BCUT2D eigenvalue weighted by atomic mass is 35.5. The Hall–Kier alpha value is -2.07. The van der Waals surface area contributed by atoms with Gasteiger partial charge in [-0.05, 0) is 41.6 Å². The van der Waals surface area contributed by atoms with Gasteiger partial charge in [-0.3, -0.25) is 14.5 Å². The number of sulfone groups is 1. The summed E-state index contributed by atoms with van der Waals surface area (Å²) < 4.78 is 23.4. The summed E-state index contributed by atoms with van der Waals surface area (Å²) in [4.78, 5) is 30.0. The van der Waals surface area contributed by atoms with Gasteiger partial charge in [0, 0.05) is 6.26 Å². The molecule has 146 valence electrons. The number of pyridine rings is 1. The van der Waals surface area contributed by atoms with Crippen molar-refractivity contribution >= 4 is 62.0 Å². The third-order valence-electron chi connectivity index (χ3n) is 3.74. The zero-order chi connectivity index (χ0) is 20.6. The molecule has 11 heteroatoms. The number of thioether (sulfide) groups is 1. The summed E-state index contributed by atoms with van der Waals surface area (Å²) in [6.45, 7) is -0.0735. The number of aromatic nitrogens is 1. The summed E-state index contributed by atoms with van der Waals surface area (Å²) in [7, 11) is -3.41. The first-order valence-electron chi connectivity index (χ1n) is 7.65. The second-order valence-electron chi connectivity index (χ2n) is 5.86. The average Bonchev–Trinajstić information content (AvgIpc) is 2.86. The van der Waals surface area contributed by atoms with E-state index in [1.54, 1.807) is 12.1 Å². The molecule has 1 aromatic carbocycles. The van der Waals surface area contributed by atoms with Gasteiger partial charge in [0.25, 0.3) is 11.1 Å². The van der Waals surface area contributed by atoms with Crippen LogP contribution in [-0.2, 0) is 21.2 Å². The number of benzene rings is 1. The third-order valence-corrected chi connectivity index (χ3v) is 6.31. The lowest BCUT2D eigenvalue weighted by Crippen LogP contribution is -2.27. The van der Waals surface area contributed by atoms with Crippen LogP contribution in [0.25, 0.3) is 6.08 Å². The molecule has 2 aromatic rings. The molecule has 0 bridgehead atoms. The van der Waals surface area contributed by atoms with E-state index >= 15 is 0 Å². The molecule has 1 aliphatic rings. The molecule has 0 spiro atoms. The highest BCUT2D eigenvalue weighted by molar-refractivity contribution is 8.18. The molecule has 0 saturated carbocycles. The van der Waals surface area contributed by atoms with Crippen molar-refractivity contribution in [2.24, 2.45) is 0 Å². The van der Waals surface area contributed by atoms with Gasteiger partial charge in [-0.15, -0.1) is 0 Å². The molecule has 3 rings (SSSR count). The van der Waals surface area contributed by atoms with E-state index in [9.17, 15) is 23.1 Å². The Bertz CT molecular complexity index is 1110. The predicted octanol–water partition coefficient (Wildman–Crippen LogP) is 3.73. The molecule has 28 heavy (non-hydrogen) atoms. The molecule has 0 unspecified atom stereocenters. The van der Waals surface area contributed by atoms with Gasteiger partial charge < -0.3 is 5.11 Å². The highest BCUT2D eigenvalue weighted by Crippen LogP contribution is 2.35. The second-order valence-corrected chi connectivity index (χ2v) is 9.63. The predicted molar refractivity (Wildman–Crippen MR) is 107 cm³/mol. The van der Waals surface area contributed by atoms with Crippen LogP contribution in [0, 0.1) is 0 Å². The van der Waals surface area contributed by atoms with Crippen LogP contribution in [0.3, 0.4) is 0 Å². The van der Waals surface area contributed by atoms with E-state index in [2.05, 4.69) is 4.98 Å². The van der Waals surface area contributed by atoms with E-state index in [1.165, 1.54) is 24.3 Å². The van der Waals surface area contributed by atoms with E-state index in [0.717, 1.165) is 11.2 Å². The maximum atomic E-state index is 12.6. The lowest BCUT2D eigenvalue weighted by molar-refractivity contribution is -0.123. The standard InChI is InChI=1S/C17H12Cl2N2O5S2/c1-28(25,26)11-4-2-3-9(5-11)8-21-16(23)13(27-17(21)24)7-10-6-12(18)14(22)15(19)20-10/h2-7,22H,8H2,1H3/b13-7-. The van der Waals surface area contributed by atoms with Gasteiger partial charge in [0.1, 0.15) is 0 Å². The van der Waals surface area contributed by atoms with Crippen molar-refractivity contribution in [2.75, 3.05) is 6.26 Å². The zero-order valence-corrected chi connectivity index (χ0v) is 17.4. The zero-order valence-electron chi connectivity index (χ0n) is 14.2. The van der Waals surface area contributed by atoms with Crippen molar-refractivity contribution in [3.05, 3.63) is 56.7 Å². The van der Waals surface area contributed by atoms with Crippen LogP contribution >= 0.6 is 35.0 Å². The summed E-state index contributed by atoms with van der Waals surface area (Å²) in [6, 6.07) is 7.35. The molecule has 0 radical (unpaired) electrons. The molecule has 1 saturated heterocycles. The fourth-order valence-corrected chi connectivity index (χ4v) is 4.36. The lowest BCUT2D eigenvalue weighted by atomic mass is 10.2. The van der Waals surface area contributed by atoms with Crippen molar-refractivity contribution in [1.29, 1.82) is 0 Å². The number of carbonyl (C=O) groups is 2. The number of rotatable bonds is 4. The third kappa shape index (κ3) is 4.33. The van der Waals surface area contributed by atoms with E-state index in [-0.39, 0.29) is 38.0 Å². The SMILES string of the molecule is CS(=O)(=O)c1cccc(CN2C(=O)S/C(=C\c3cc(Cl)c(O)c(Cl)n3)C2=O)c1. The molecular weight excluding hydrogens is 447 g/mol. The number of amides is 2. The minimum Gasteiger partial charge on any atom is -0.504 e. The van der Waals surface area contributed by atoms with Crippen LogP contribution in [0.4, 0.5) is 4.79 Å². The van der Waals surface area contributed by atoms with Gasteiger partial charge in [0.2, 0.25) is 0 Å². The van der Waals surface area contributed by atoms with Crippen molar-refractivity contribution in [1.82, 2.24) is 9.88 Å². The quantitative estimate of drug-likeness (QED) is 0.549. The molecule has 2 heterocycles. The number of carbonyl (C=O) groups excluding carboxylic acids is 2. The van der Waals surface area contributed by atoms with Gasteiger partial charge in [-0.25, -0.2) is 13.4 Å². The largest absolute Gasteiger partial charge is 0.504 e. The fourth-order valence-electron chi connectivity index (χ4n) is 2.40. The maximum absolute atomic E-state index is 12.6. The van der Waals surface area contributed by atoms with E-state index in [1.807, 2.05) is 0 Å². The first kappa shape index (κ1) is 20.7. The van der Waals surface area contributed by atoms with Crippen molar-refractivity contribution < 1.29 is 23.1 Å². The van der Waals surface area contributed by atoms with Gasteiger partial charge in [0.05, 0.1) is 27.1 Å². The van der Waals surface area contributed by atoms with E-state index < -0.39 is 21.0 Å². The number of nitrogens with zero attached hydrogens (tertiary/aromatic N) is 2. The topological polar surface area (TPSA) is 105 Å². The molecular formula is C17H12Cl2N2O5S2. The van der Waals surface area contributed by atoms with Crippen LogP contribution in [0.2, 0.25) is 10.2 Å². The Morgan fingerprint density at radius 2 is 1.96 bits per heavy atom. The number of hydrogen-bond donors (Lipinski definition) is 1. The molecule has 0 atom stereocenters. The maximum Gasteiger partial charge on any atom is 0.293 e. The molecule has 1 aromatic heterocycles. The van der Waals surface area contributed by atoms with Gasteiger partial charge in [-0.1, -0.05) is 35.3 Å². The summed E-state index contributed by atoms with van der Waals surface area (Å²) in [5, 5.41) is 8.78. The highest BCUT2D eigenvalue weighted by Gasteiger charge is 2.35. The van der Waals surface area contributed by atoms with Crippen LogP contribution in [0.1, 0.15) is 11.3 Å². The molecule has 1 N–H and O–H groups in total. The molecule has 0 aliphatic carbocycles. The first-order valence-corrected chi connectivity index (χ1v) is 11.1. The minimum absolute atomic E-state index is 0.0388. The van der Waals surface area contributed by atoms with Crippen molar-refractivity contribution in [3.8, 4) is 5.75 Å². The van der Waals surface area contributed by atoms with Gasteiger partial charge >= 0.3 is 0 Å². The molecule has 1 aliphatic heterocycles. The Labute approximate surface area is 174 Å². The minimum atomic E-state index is -3.41. The van der Waals surface area contributed by atoms with Crippen LogP contribution in [-0.4, -0.2) is 40.8 Å². The number of imide groups is 1. The Balaban J connectivity index is 1.87. The molecule has 7 nitrogen and oxygen atoms in total. The second kappa shape index (κ2) is 7.75. The molecule has 1 fully saturated rings. The number of aromatic hydroxyl groups is 1. The Morgan fingerprint density at radius 3 is 2.61 bits per heavy atom. The summed E-state index contributed by atoms with van der Waals surface area (Å²) in [5.41, 5.74) is 0.706. The van der Waals surface area contributed by atoms with Crippen LogP contribution in [0.15, 0.2) is 40.1 Å². The summed E-state index contributed by atoms with van der Waals surface area (Å²) in [5.74, 6) is -0.929. The van der Waals surface area contributed by atoms with E-state index in [0.29, 0.717) is 17.3 Å². The van der Waals surface area contributed by atoms with Crippen LogP contribution < -0.4 is 0 Å². The summed E-state index contributed by atoms with van der Waals surface area (Å²) >= 11 is 12.3. The number of hydrogen-bond acceptors (Lipinski definition) is 7. The van der Waals surface area contributed by atoms with Crippen molar-refractivity contribution in [3.63, 3.8) is 0 Å². The fraction of sp³-hybridized carbons (Fsp3) is 0.118. The van der Waals surface area contributed by atoms with Crippen LogP contribution in [0.5, 0.6) is 5.75 Å². The average molecular weight is 459 g/mol. The summed E-state index contributed by atoms with van der Waals surface area (Å²) in [6.07, 6.45) is 2.42. The van der Waals surface area contributed by atoms with Gasteiger partial charge in [0.15, 0.2) is 20.7 Å². The monoisotopic (exact) mass is 458 g/mol.